The number of hydrazone groups is 1. The highest BCUT2D eigenvalue weighted by molar-refractivity contribution is 6.35. The van der Waals surface area contributed by atoms with Gasteiger partial charge in [-0.1, -0.05) is 19.1 Å². The van der Waals surface area contributed by atoms with Crippen molar-refractivity contribution >= 4 is 17.5 Å². The number of rotatable bonds is 4. The van der Waals surface area contributed by atoms with Crippen molar-refractivity contribution in [1.82, 2.24) is 10.7 Å². The third-order valence-electron chi connectivity index (χ3n) is 2.92. The molecule has 20 heavy (non-hydrogen) atoms. The minimum atomic E-state index is -0.787. The smallest absolute Gasteiger partial charge is 0.329 e. The molecule has 1 aliphatic carbocycles. The van der Waals surface area contributed by atoms with Crippen LogP contribution in [0.2, 0.25) is 0 Å². The number of hydrogen-bond acceptors (Lipinski definition) is 3. The fourth-order valence-electron chi connectivity index (χ4n) is 1.64. The molecule has 0 saturated heterocycles. The molecule has 5 nitrogen and oxygen atoms in total. The van der Waals surface area contributed by atoms with Crippen LogP contribution in [-0.2, 0) is 9.59 Å². The molecule has 1 aromatic carbocycles. The van der Waals surface area contributed by atoms with Crippen molar-refractivity contribution in [2.45, 2.75) is 32.2 Å². The molecule has 106 valence electrons. The molecule has 0 bridgehead atoms. The maximum atomic E-state index is 12.8. The summed E-state index contributed by atoms with van der Waals surface area (Å²) in [6.07, 6.45) is 2.38. The molecular formula is C14H16FN3O2. The van der Waals surface area contributed by atoms with Gasteiger partial charge in [0.25, 0.3) is 0 Å². The number of amides is 2. The molecule has 0 aromatic heterocycles. The van der Waals surface area contributed by atoms with E-state index in [4.69, 9.17) is 0 Å². The van der Waals surface area contributed by atoms with Crippen molar-refractivity contribution in [2.75, 3.05) is 0 Å². The molecular weight excluding hydrogens is 261 g/mol. The number of halogens is 1. The molecule has 6 heteroatoms. The van der Waals surface area contributed by atoms with Crippen LogP contribution in [0.15, 0.2) is 29.4 Å². The molecule has 1 fully saturated rings. The van der Waals surface area contributed by atoms with Crippen LogP contribution in [0.1, 0.15) is 31.7 Å². The van der Waals surface area contributed by atoms with E-state index in [1.807, 2.05) is 6.92 Å². The SMILES string of the molecule is CC/C(=N/NC(=O)C(=O)NC1CC1)c1ccc(F)cc1. The Morgan fingerprint density at radius 3 is 2.45 bits per heavy atom. The van der Waals surface area contributed by atoms with Crippen LogP contribution in [0.4, 0.5) is 4.39 Å². The molecule has 2 rings (SSSR count). The van der Waals surface area contributed by atoms with Gasteiger partial charge in [0.1, 0.15) is 5.82 Å². The first-order chi connectivity index (χ1) is 9.60. The van der Waals surface area contributed by atoms with Gasteiger partial charge in [-0.25, -0.2) is 9.82 Å². The number of carbonyl (C=O) groups is 2. The molecule has 1 aliphatic rings. The predicted octanol–water partition coefficient (Wildman–Crippen LogP) is 1.33. The monoisotopic (exact) mass is 277 g/mol. The standard InChI is InChI=1S/C14H16FN3O2/c1-2-12(9-3-5-10(15)6-4-9)17-18-14(20)13(19)16-11-7-8-11/h3-6,11H,2,7-8H2,1H3,(H,16,19)(H,18,20)/b17-12-. The molecule has 0 atom stereocenters. The molecule has 1 aromatic rings. The number of benzene rings is 1. The lowest BCUT2D eigenvalue weighted by molar-refractivity contribution is -0.139. The fourth-order valence-corrected chi connectivity index (χ4v) is 1.64. The van der Waals surface area contributed by atoms with Crippen LogP contribution in [-0.4, -0.2) is 23.6 Å². The highest BCUT2D eigenvalue weighted by Crippen LogP contribution is 2.18. The third-order valence-corrected chi connectivity index (χ3v) is 2.92. The van der Waals surface area contributed by atoms with Crippen LogP contribution in [0, 0.1) is 5.82 Å². The molecule has 0 heterocycles. The van der Waals surface area contributed by atoms with Gasteiger partial charge in [0.05, 0.1) is 5.71 Å². The summed E-state index contributed by atoms with van der Waals surface area (Å²) in [5.74, 6) is -1.80. The molecule has 0 aliphatic heterocycles. The van der Waals surface area contributed by atoms with Gasteiger partial charge in [0.15, 0.2) is 0 Å². The summed E-state index contributed by atoms with van der Waals surface area (Å²) >= 11 is 0. The lowest BCUT2D eigenvalue weighted by Crippen LogP contribution is -2.39. The van der Waals surface area contributed by atoms with Gasteiger partial charge in [-0.2, -0.15) is 5.10 Å². The Kier molecular flexibility index (Phi) is 4.45. The zero-order valence-electron chi connectivity index (χ0n) is 11.1. The summed E-state index contributed by atoms with van der Waals surface area (Å²) in [5, 5.41) is 6.50. The van der Waals surface area contributed by atoms with E-state index in [0.29, 0.717) is 17.7 Å². The number of nitrogens with one attached hydrogen (secondary N) is 2. The topological polar surface area (TPSA) is 70.6 Å². The van der Waals surface area contributed by atoms with Gasteiger partial charge in [0.2, 0.25) is 0 Å². The second-order valence-electron chi connectivity index (χ2n) is 4.61. The van der Waals surface area contributed by atoms with Crippen LogP contribution < -0.4 is 10.7 Å². The van der Waals surface area contributed by atoms with E-state index < -0.39 is 11.8 Å². The van der Waals surface area contributed by atoms with Crippen molar-refractivity contribution in [3.05, 3.63) is 35.6 Å². The second-order valence-corrected chi connectivity index (χ2v) is 4.61. The van der Waals surface area contributed by atoms with Crippen molar-refractivity contribution in [2.24, 2.45) is 5.10 Å². The first kappa shape index (κ1) is 14.2. The Morgan fingerprint density at radius 1 is 1.25 bits per heavy atom. The Hall–Kier alpha value is -2.24. The quantitative estimate of drug-likeness (QED) is 0.495. The summed E-state index contributed by atoms with van der Waals surface area (Å²) in [6.45, 7) is 1.86. The summed E-state index contributed by atoms with van der Waals surface area (Å²) in [5.41, 5.74) is 3.51. The normalized spacial score (nSPS) is 14.8. The zero-order valence-corrected chi connectivity index (χ0v) is 11.1. The fraction of sp³-hybridized carbons (Fsp3) is 0.357. The van der Waals surface area contributed by atoms with E-state index in [1.54, 1.807) is 12.1 Å². The van der Waals surface area contributed by atoms with Gasteiger partial charge in [-0.05, 0) is 37.0 Å². The van der Waals surface area contributed by atoms with E-state index in [1.165, 1.54) is 12.1 Å². The van der Waals surface area contributed by atoms with E-state index >= 15 is 0 Å². The van der Waals surface area contributed by atoms with Crippen LogP contribution in [0.25, 0.3) is 0 Å². The first-order valence-corrected chi connectivity index (χ1v) is 6.53. The third kappa shape index (κ3) is 3.88. The molecule has 1 saturated carbocycles. The first-order valence-electron chi connectivity index (χ1n) is 6.53. The highest BCUT2D eigenvalue weighted by Gasteiger charge is 2.26. The second kappa shape index (κ2) is 6.27. The lowest BCUT2D eigenvalue weighted by atomic mass is 10.1. The Morgan fingerprint density at radius 2 is 1.90 bits per heavy atom. The van der Waals surface area contributed by atoms with Gasteiger partial charge in [-0.15, -0.1) is 0 Å². The van der Waals surface area contributed by atoms with Gasteiger partial charge >= 0.3 is 11.8 Å². The highest BCUT2D eigenvalue weighted by atomic mass is 19.1. The molecule has 0 spiro atoms. The number of carbonyl (C=O) groups excluding carboxylic acids is 2. The van der Waals surface area contributed by atoms with Crippen LogP contribution in [0.5, 0.6) is 0 Å². The predicted molar refractivity (Wildman–Crippen MR) is 72.5 cm³/mol. The molecule has 2 amide bonds. The average molecular weight is 277 g/mol. The maximum Gasteiger partial charge on any atom is 0.329 e. The van der Waals surface area contributed by atoms with Crippen molar-refractivity contribution in [3.8, 4) is 0 Å². The molecule has 2 N–H and O–H groups in total. The minimum Gasteiger partial charge on any atom is -0.345 e. The van der Waals surface area contributed by atoms with E-state index in [-0.39, 0.29) is 11.9 Å². The largest absolute Gasteiger partial charge is 0.345 e. The molecule has 0 radical (unpaired) electrons. The summed E-state index contributed by atoms with van der Waals surface area (Å²) in [7, 11) is 0. The average Bonchev–Trinajstić information content (AvgIpc) is 3.25. The Balaban J connectivity index is 1.97. The Labute approximate surface area is 116 Å². The lowest BCUT2D eigenvalue weighted by Gasteiger charge is -2.05. The summed E-state index contributed by atoms with van der Waals surface area (Å²) < 4.78 is 12.8. The van der Waals surface area contributed by atoms with Gasteiger partial charge in [0, 0.05) is 6.04 Å². The van der Waals surface area contributed by atoms with Crippen molar-refractivity contribution in [3.63, 3.8) is 0 Å². The van der Waals surface area contributed by atoms with E-state index in [0.717, 1.165) is 12.8 Å². The van der Waals surface area contributed by atoms with E-state index in [2.05, 4.69) is 15.8 Å². The Bertz CT molecular complexity index is 536. The van der Waals surface area contributed by atoms with Gasteiger partial charge in [-0.3, -0.25) is 9.59 Å². The number of hydrogen-bond donors (Lipinski definition) is 2. The summed E-state index contributed by atoms with van der Waals surface area (Å²) in [4.78, 5) is 23.0. The maximum absolute atomic E-state index is 12.8. The zero-order chi connectivity index (χ0) is 14.5. The van der Waals surface area contributed by atoms with Crippen molar-refractivity contribution < 1.29 is 14.0 Å². The van der Waals surface area contributed by atoms with Gasteiger partial charge < -0.3 is 5.32 Å². The number of nitrogens with zero attached hydrogens (tertiary/aromatic N) is 1. The molecule has 0 unspecified atom stereocenters. The summed E-state index contributed by atoms with van der Waals surface area (Å²) in [6, 6.07) is 5.92. The minimum absolute atomic E-state index is 0.125. The van der Waals surface area contributed by atoms with Crippen LogP contribution >= 0.6 is 0 Å². The van der Waals surface area contributed by atoms with Crippen LogP contribution in [0.3, 0.4) is 0 Å². The van der Waals surface area contributed by atoms with Crippen molar-refractivity contribution in [1.29, 1.82) is 0 Å². The van der Waals surface area contributed by atoms with E-state index in [9.17, 15) is 14.0 Å².